The van der Waals surface area contributed by atoms with Gasteiger partial charge in [-0.2, -0.15) is 0 Å². The lowest BCUT2D eigenvalue weighted by Gasteiger charge is -2.08. The van der Waals surface area contributed by atoms with Crippen LogP contribution in [-0.4, -0.2) is 20.4 Å². The summed E-state index contributed by atoms with van der Waals surface area (Å²) in [6.07, 6.45) is 3.20. The van der Waals surface area contributed by atoms with E-state index < -0.39 is 11.2 Å². The van der Waals surface area contributed by atoms with Crippen molar-refractivity contribution in [1.29, 1.82) is 0 Å². The number of thiophene rings is 1. The molecule has 7 nitrogen and oxygen atoms in total. The molecular formula is C16H14N4O3S. The third-order valence-corrected chi connectivity index (χ3v) is 4.83. The van der Waals surface area contributed by atoms with Gasteiger partial charge in [0.15, 0.2) is 0 Å². The second-order valence-electron chi connectivity index (χ2n) is 5.72. The van der Waals surface area contributed by atoms with E-state index in [9.17, 15) is 14.4 Å². The van der Waals surface area contributed by atoms with E-state index in [4.69, 9.17) is 0 Å². The number of carbonyl (C=O) groups excluding carboxylic acids is 1. The number of pyridine rings is 1. The van der Waals surface area contributed by atoms with Crippen LogP contribution < -0.4 is 16.6 Å². The molecular weight excluding hydrogens is 328 g/mol. The number of fused-ring (bicyclic) bond motifs is 1. The zero-order valence-corrected chi connectivity index (χ0v) is 13.4. The van der Waals surface area contributed by atoms with Crippen molar-refractivity contribution in [1.82, 2.24) is 19.9 Å². The molecule has 0 spiro atoms. The first-order chi connectivity index (χ1) is 11.6. The second-order valence-corrected chi connectivity index (χ2v) is 6.75. The van der Waals surface area contributed by atoms with E-state index in [1.165, 1.54) is 16.8 Å². The first kappa shape index (κ1) is 14.8. The predicted molar refractivity (Wildman–Crippen MR) is 90.4 cm³/mol. The van der Waals surface area contributed by atoms with E-state index in [0.29, 0.717) is 17.8 Å². The average Bonchev–Trinajstić information content (AvgIpc) is 3.26. The molecule has 0 atom stereocenters. The van der Waals surface area contributed by atoms with Crippen LogP contribution in [0.4, 0.5) is 0 Å². The van der Waals surface area contributed by atoms with Crippen LogP contribution in [0.3, 0.4) is 0 Å². The molecule has 1 amide bonds. The predicted octanol–water partition coefficient (Wildman–Crippen LogP) is 1.41. The number of rotatable bonds is 4. The van der Waals surface area contributed by atoms with E-state index in [0.717, 1.165) is 17.7 Å². The summed E-state index contributed by atoms with van der Waals surface area (Å²) in [6.45, 7) is 0.423. The molecule has 3 aromatic heterocycles. The van der Waals surface area contributed by atoms with Crippen LogP contribution in [0.15, 0.2) is 39.4 Å². The molecule has 122 valence electrons. The number of aromatic nitrogens is 3. The Morgan fingerprint density at radius 1 is 1.42 bits per heavy atom. The molecule has 24 heavy (non-hydrogen) atoms. The lowest BCUT2D eigenvalue weighted by atomic mass is 10.2. The highest BCUT2D eigenvalue weighted by Crippen LogP contribution is 2.34. The van der Waals surface area contributed by atoms with Gasteiger partial charge < -0.3 is 5.32 Å². The Bertz CT molecular complexity index is 1030. The Balaban J connectivity index is 1.69. The molecule has 0 radical (unpaired) electrons. The zero-order chi connectivity index (χ0) is 16.7. The van der Waals surface area contributed by atoms with E-state index in [2.05, 4.69) is 15.3 Å². The molecule has 2 N–H and O–H groups in total. The number of H-pyrrole nitrogens is 1. The van der Waals surface area contributed by atoms with Crippen molar-refractivity contribution in [2.24, 2.45) is 0 Å². The lowest BCUT2D eigenvalue weighted by Crippen LogP contribution is -2.31. The van der Waals surface area contributed by atoms with E-state index in [1.54, 1.807) is 11.3 Å². The van der Waals surface area contributed by atoms with Crippen LogP contribution in [0.1, 0.15) is 34.1 Å². The molecule has 1 saturated carbocycles. The molecule has 0 unspecified atom stereocenters. The highest BCUT2D eigenvalue weighted by atomic mass is 32.1. The Labute approximate surface area is 140 Å². The van der Waals surface area contributed by atoms with Gasteiger partial charge in [0.25, 0.3) is 11.5 Å². The molecule has 0 saturated heterocycles. The van der Waals surface area contributed by atoms with Crippen molar-refractivity contribution >= 4 is 28.3 Å². The monoisotopic (exact) mass is 342 g/mol. The van der Waals surface area contributed by atoms with Crippen LogP contribution in [0.5, 0.6) is 0 Å². The van der Waals surface area contributed by atoms with Crippen molar-refractivity contribution in [3.8, 4) is 0 Å². The van der Waals surface area contributed by atoms with Crippen molar-refractivity contribution in [2.45, 2.75) is 25.4 Å². The Morgan fingerprint density at radius 3 is 2.96 bits per heavy atom. The Kier molecular flexibility index (Phi) is 3.53. The smallest absolute Gasteiger partial charge is 0.330 e. The number of nitrogens with zero attached hydrogens (tertiary/aromatic N) is 2. The highest BCUT2D eigenvalue weighted by Gasteiger charge is 2.27. The fraction of sp³-hybridized carbons (Fsp3) is 0.250. The van der Waals surface area contributed by atoms with Crippen LogP contribution >= 0.6 is 11.3 Å². The number of hydrogen-bond acceptors (Lipinski definition) is 5. The topological polar surface area (TPSA) is 96.8 Å². The van der Waals surface area contributed by atoms with Crippen LogP contribution in [0.25, 0.3) is 11.0 Å². The first-order valence-corrected chi connectivity index (χ1v) is 8.46. The Morgan fingerprint density at radius 2 is 2.25 bits per heavy atom. The Hall–Kier alpha value is -2.74. The number of aromatic amines is 1. The van der Waals surface area contributed by atoms with Gasteiger partial charge in [-0.05, 0) is 30.4 Å². The highest BCUT2D eigenvalue weighted by molar-refractivity contribution is 7.09. The molecule has 1 fully saturated rings. The lowest BCUT2D eigenvalue weighted by molar-refractivity contribution is 0.0951. The standard InChI is InChI=1S/C16H14N4O3S/c21-14(18-8-11-2-1-5-24-11)9-6-12-13(17-7-9)20(10-3-4-10)16(23)19-15(12)22/h1-2,5-7,10H,3-4,8H2,(H,18,21)(H,19,22,23). The van der Waals surface area contributed by atoms with Crippen molar-refractivity contribution < 1.29 is 4.79 Å². The average molecular weight is 342 g/mol. The van der Waals surface area contributed by atoms with Gasteiger partial charge in [-0.15, -0.1) is 11.3 Å². The summed E-state index contributed by atoms with van der Waals surface area (Å²) in [7, 11) is 0. The van der Waals surface area contributed by atoms with E-state index >= 15 is 0 Å². The molecule has 3 aromatic rings. The summed E-state index contributed by atoms with van der Waals surface area (Å²) in [6, 6.07) is 5.43. The van der Waals surface area contributed by atoms with Crippen LogP contribution in [0, 0.1) is 0 Å². The zero-order valence-electron chi connectivity index (χ0n) is 12.6. The van der Waals surface area contributed by atoms with Gasteiger partial charge in [0.1, 0.15) is 5.65 Å². The minimum atomic E-state index is -0.521. The van der Waals surface area contributed by atoms with E-state index in [1.807, 2.05) is 17.5 Å². The number of nitrogens with one attached hydrogen (secondary N) is 2. The minimum absolute atomic E-state index is 0.0860. The first-order valence-electron chi connectivity index (χ1n) is 7.58. The maximum Gasteiger partial charge on any atom is 0.330 e. The normalized spacial score (nSPS) is 14.0. The molecule has 3 heterocycles. The number of carbonyl (C=O) groups is 1. The second kappa shape index (κ2) is 5.72. The summed E-state index contributed by atoms with van der Waals surface area (Å²) < 4.78 is 1.50. The van der Waals surface area contributed by atoms with E-state index in [-0.39, 0.29) is 17.3 Å². The van der Waals surface area contributed by atoms with Crippen molar-refractivity contribution in [3.63, 3.8) is 0 Å². The largest absolute Gasteiger partial charge is 0.347 e. The van der Waals surface area contributed by atoms with Crippen molar-refractivity contribution in [2.75, 3.05) is 0 Å². The molecule has 1 aliphatic carbocycles. The maximum absolute atomic E-state index is 12.3. The fourth-order valence-corrected chi connectivity index (χ4v) is 3.26. The van der Waals surface area contributed by atoms with Gasteiger partial charge in [0.05, 0.1) is 17.5 Å². The SMILES string of the molecule is O=C(NCc1cccs1)c1cnc2c(c1)c(=O)[nH]c(=O)n2C1CC1. The maximum atomic E-state index is 12.3. The molecule has 0 bridgehead atoms. The number of amides is 1. The fourth-order valence-electron chi connectivity index (χ4n) is 2.62. The van der Waals surface area contributed by atoms with Crippen LogP contribution in [-0.2, 0) is 6.54 Å². The van der Waals surface area contributed by atoms with Gasteiger partial charge >= 0.3 is 5.69 Å². The summed E-state index contributed by atoms with van der Waals surface area (Å²) in [5.41, 5.74) is -0.337. The number of hydrogen-bond donors (Lipinski definition) is 2. The van der Waals surface area contributed by atoms with Crippen molar-refractivity contribution in [3.05, 3.63) is 61.1 Å². The quantitative estimate of drug-likeness (QED) is 0.749. The molecule has 1 aliphatic rings. The molecule has 4 rings (SSSR count). The summed E-state index contributed by atoms with van der Waals surface area (Å²) in [5.74, 6) is -0.304. The molecule has 8 heteroatoms. The minimum Gasteiger partial charge on any atom is -0.347 e. The van der Waals surface area contributed by atoms with Crippen LogP contribution in [0.2, 0.25) is 0 Å². The van der Waals surface area contributed by atoms with Gasteiger partial charge in [0, 0.05) is 17.1 Å². The third-order valence-electron chi connectivity index (χ3n) is 3.96. The summed E-state index contributed by atoms with van der Waals surface area (Å²) in [5, 5.41) is 4.99. The molecule has 0 aromatic carbocycles. The summed E-state index contributed by atoms with van der Waals surface area (Å²) in [4.78, 5) is 43.9. The molecule has 0 aliphatic heterocycles. The van der Waals surface area contributed by atoms with Gasteiger partial charge in [-0.25, -0.2) is 9.78 Å². The third kappa shape index (κ3) is 2.65. The van der Waals surface area contributed by atoms with Gasteiger partial charge in [-0.1, -0.05) is 6.07 Å². The van der Waals surface area contributed by atoms with Gasteiger partial charge in [-0.3, -0.25) is 19.1 Å². The van der Waals surface area contributed by atoms with Gasteiger partial charge in [0.2, 0.25) is 0 Å². The summed E-state index contributed by atoms with van der Waals surface area (Å²) >= 11 is 1.56.